The molecule has 0 saturated carbocycles. The van der Waals surface area contributed by atoms with E-state index >= 15 is 0 Å². The third-order valence-electron chi connectivity index (χ3n) is 1.90. The summed E-state index contributed by atoms with van der Waals surface area (Å²) in [5.41, 5.74) is 0.937. The van der Waals surface area contributed by atoms with Gasteiger partial charge in [-0.05, 0) is 6.07 Å². The minimum Gasteiger partial charge on any atom is -0.465 e. The average molecular weight is 245 g/mol. The Labute approximate surface area is 98.7 Å². The number of nitrogens with one attached hydrogen (secondary N) is 1. The number of hydrogen-bond acceptors (Lipinski definition) is 5. The van der Waals surface area contributed by atoms with Crippen molar-refractivity contribution in [3.63, 3.8) is 0 Å². The number of rotatable bonds is 5. The highest BCUT2D eigenvalue weighted by Gasteiger charge is 2.12. The van der Waals surface area contributed by atoms with Crippen LogP contribution in [0.25, 0.3) is 0 Å². The topological polar surface area (TPSA) is 60.5 Å². The van der Waals surface area contributed by atoms with Crippen molar-refractivity contribution in [2.45, 2.75) is 0 Å². The predicted molar refractivity (Wildman–Crippen MR) is 61.0 cm³/mol. The predicted octanol–water partition coefficient (Wildman–Crippen LogP) is 1.58. The SMILES string of the molecule is COCCNc1cc(Cl)ncc1C(=O)OC. The van der Waals surface area contributed by atoms with Gasteiger partial charge in [0, 0.05) is 19.9 Å². The van der Waals surface area contributed by atoms with E-state index < -0.39 is 5.97 Å². The number of halogens is 1. The van der Waals surface area contributed by atoms with Crippen molar-refractivity contribution in [1.82, 2.24) is 4.98 Å². The van der Waals surface area contributed by atoms with Crippen LogP contribution in [-0.2, 0) is 9.47 Å². The molecule has 1 rings (SSSR count). The number of pyridine rings is 1. The smallest absolute Gasteiger partial charge is 0.341 e. The molecule has 0 saturated heterocycles. The van der Waals surface area contributed by atoms with Crippen molar-refractivity contribution in [3.8, 4) is 0 Å². The molecule has 16 heavy (non-hydrogen) atoms. The Hall–Kier alpha value is -1.33. The summed E-state index contributed by atoms with van der Waals surface area (Å²) < 4.78 is 9.52. The van der Waals surface area contributed by atoms with E-state index in [1.807, 2.05) is 0 Å². The quantitative estimate of drug-likeness (QED) is 0.484. The number of nitrogens with zero attached hydrogens (tertiary/aromatic N) is 1. The zero-order chi connectivity index (χ0) is 12.0. The van der Waals surface area contributed by atoms with Crippen LogP contribution in [0, 0.1) is 0 Å². The number of aromatic nitrogens is 1. The molecule has 0 aliphatic rings. The van der Waals surface area contributed by atoms with Crippen molar-refractivity contribution in [3.05, 3.63) is 23.0 Å². The summed E-state index contributed by atoms with van der Waals surface area (Å²) >= 11 is 5.74. The molecule has 88 valence electrons. The standard InChI is InChI=1S/C10H13ClN2O3/c1-15-4-3-12-8-5-9(11)13-6-7(8)10(14)16-2/h5-6H,3-4H2,1-2H3,(H,12,13). The highest BCUT2D eigenvalue weighted by atomic mass is 35.5. The summed E-state index contributed by atoms with van der Waals surface area (Å²) in [7, 11) is 2.91. The van der Waals surface area contributed by atoms with Gasteiger partial charge in [0.2, 0.25) is 0 Å². The lowest BCUT2D eigenvalue weighted by molar-refractivity contribution is 0.0601. The Morgan fingerprint density at radius 1 is 1.56 bits per heavy atom. The van der Waals surface area contributed by atoms with E-state index in [0.29, 0.717) is 29.6 Å². The lowest BCUT2D eigenvalue weighted by Crippen LogP contribution is -2.12. The second-order valence-electron chi connectivity index (χ2n) is 2.96. The second-order valence-corrected chi connectivity index (χ2v) is 3.35. The zero-order valence-corrected chi connectivity index (χ0v) is 9.87. The van der Waals surface area contributed by atoms with Crippen molar-refractivity contribution < 1.29 is 14.3 Å². The zero-order valence-electron chi connectivity index (χ0n) is 9.12. The van der Waals surface area contributed by atoms with Crippen molar-refractivity contribution in [1.29, 1.82) is 0 Å². The van der Waals surface area contributed by atoms with Gasteiger partial charge in [0.1, 0.15) is 10.7 Å². The Kier molecular flexibility index (Phi) is 5.01. The lowest BCUT2D eigenvalue weighted by Gasteiger charge is -2.10. The van der Waals surface area contributed by atoms with Gasteiger partial charge in [0.05, 0.1) is 19.4 Å². The van der Waals surface area contributed by atoms with Crippen molar-refractivity contribution in [2.24, 2.45) is 0 Å². The third-order valence-corrected chi connectivity index (χ3v) is 2.10. The Balaban J connectivity index is 2.85. The summed E-state index contributed by atoms with van der Waals surface area (Å²) in [6, 6.07) is 1.57. The van der Waals surface area contributed by atoms with Gasteiger partial charge in [0.15, 0.2) is 0 Å². The van der Waals surface area contributed by atoms with E-state index in [-0.39, 0.29) is 0 Å². The first-order valence-electron chi connectivity index (χ1n) is 4.65. The van der Waals surface area contributed by atoms with Crippen LogP contribution >= 0.6 is 11.6 Å². The lowest BCUT2D eigenvalue weighted by atomic mass is 10.2. The molecule has 1 aromatic heterocycles. The molecule has 1 N–H and O–H groups in total. The van der Waals surface area contributed by atoms with Crippen LogP contribution in [0.1, 0.15) is 10.4 Å². The summed E-state index contributed by atoms with van der Waals surface area (Å²) in [5, 5.41) is 3.33. The molecular formula is C10H13ClN2O3. The van der Waals surface area contributed by atoms with E-state index in [1.165, 1.54) is 13.3 Å². The van der Waals surface area contributed by atoms with E-state index in [0.717, 1.165) is 0 Å². The maximum absolute atomic E-state index is 11.4. The molecule has 6 heteroatoms. The van der Waals surface area contributed by atoms with Gasteiger partial charge >= 0.3 is 5.97 Å². The highest BCUT2D eigenvalue weighted by Crippen LogP contribution is 2.19. The maximum atomic E-state index is 11.4. The molecule has 0 amide bonds. The summed E-state index contributed by atoms with van der Waals surface area (Å²) in [6.45, 7) is 1.10. The molecule has 0 radical (unpaired) electrons. The Morgan fingerprint density at radius 2 is 2.31 bits per heavy atom. The molecule has 0 spiro atoms. The van der Waals surface area contributed by atoms with Crippen LogP contribution in [0.5, 0.6) is 0 Å². The first-order chi connectivity index (χ1) is 7.69. The minimum absolute atomic E-state index is 0.313. The molecule has 0 atom stereocenters. The maximum Gasteiger partial charge on any atom is 0.341 e. The molecule has 0 aliphatic carbocycles. The van der Waals surface area contributed by atoms with Gasteiger partial charge in [-0.25, -0.2) is 9.78 Å². The molecular weight excluding hydrogens is 232 g/mol. The number of anilines is 1. The van der Waals surface area contributed by atoms with Crippen LogP contribution in [0.15, 0.2) is 12.3 Å². The summed E-state index contributed by atoms with van der Waals surface area (Å²) in [4.78, 5) is 15.2. The van der Waals surface area contributed by atoms with Gasteiger partial charge in [-0.15, -0.1) is 0 Å². The van der Waals surface area contributed by atoms with E-state index in [4.69, 9.17) is 16.3 Å². The molecule has 0 aromatic carbocycles. The molecule has 1 heterocycles. The second kappa shape index (κ2) is 6.30. The van der Waals surface area contributed by atoms with Crippen LogP contribution in [0.3, 0.4) is 0 Å². The molecule has 0 unspecified atom stereocenters. The summed E-state index contributed by atoms with van der Waals surface area (Å²) in [5.74, 6) is -0.455. The van der Waals surface area contributed by atoms with Gasteiger partial charge in [-0.1, -0.05) is 11.6 Å². The average Bonchev–Trinajstić information content (AvgIpc) is 2.29. The first kappa shape index (κ1) is 12.7. The fraction of sp³-hybridized carbons (Fsp3) is 0.400. The van der Waals surface area contributed by atoms with E-state index in [2.05, 4.69) is 15.0 Å². The molecule has 0 bridgehead atoms. The number of hydrogen-bond donors (Lipinski definition) is 1. The largest absolute Gasteiger partial charge is 0.465 e. The van der Waals surface area contributed by atoms with Gasteiger partial charge < -0.3 is 14.8 Å². The van der Waals surface area contributed by atoms with E-state index in [1.54, 1.807) is 13.2 Å². The van der Waals surface area contributed by atoms with E-state index in [9.17, 15) is 4.79 Å². The molecule has 1 aromatic rings. The van der Waals surface area contributed by atoms with Gasteiger partial charge in [0.25, 0.3) is 0 Å². The van der Waals surface area contributed by atoms with Crippen LogP contribution in [0.2, 0.25) is 5.15 Å². The number of methoxy groups -OCH3 is 2. The number of esters is 1. The fourth-order valence-electron chi connectivity index (χ4n) is 1.14. The minimum atomic E-state index is -0.455. The fourth-order valence-corrected chi connectivity index (χ4v) is 1.29. The first-order valence-corrected chi connectivity index (χ1v) is 5.03. The summed E-state index contributed by atoms with van der Waals surface area (Å²) in [6.07, 6.45) is 1.38. The number of carbonyl (C=O) groups excluding carboxylic acids is 1. The van der Waals surface area contributed by atoms with Crippen molar-refractivity contribution >= 4 is 23.3 Å². The number of carbonyl (C=O) groups is 1. The number of ether oxygens (including phenoxy) is 2. The molecule has 5 nitrogen and oxygen atoms in total. The third kappa shape index (κ3) is 3.36. The van der Waals surface area contributed by atoms with Gasteiger partial charge in [-0.2, -0.15) is 0 Å². The van der Waals surface area contributed by atoms with Gasteiger partial charge in [-0.3, -0.25) is 0 Å². The molecule has 0 aliphatic heterocycles. The van der Waals surface area contributed by atoms with Crippen LogP contribution in [0.4, 0.5) is 5.69 Å². The Bertz CT molecular complexity index is 371. The Morgan fingerprint density at radius 3 is 2.94 bits per heavy atom. The van der Waals surface area contributed by atoms with Crippen LogP contribution < -0.4 is 5.32 Å². The van der Waals surface area contributed by atoms with Crippen molar-refractivity contribution in [2.75, 3.05) is 32.7 Å². The monoisotopic (exact) mass is 244 g/mol. The molecule has 0 fully saturated rings. The highest BCUT2D eigenvalue weighted by molar-refractivity contribution is 6.29. The van der Waals surface area contributed by atoms with Crippen LogP contribution in [-0.4, -0.2) is 38.3 Å². The normalized spacial score (nSPS) is 9.94.